The van der Waals surface area contributed by atoms with E-state index in [9.17, 15) is 9.59 Å². The van der Waals surface area contributed by atoms with Gasteiger partial charge >= 0.3 is 0 Å². The van der Waals surface area contributed by atoms with Crippen molar-refractivity contribution in [2.45, 2.75) is 0 Å². The molecule has 6 nitrogen and oxygen atoms in total. The summed E-state index contributed by atoms with van der Waals surface area (Å²) in [6, 6.07) is 8.04. The quantitative estimate of drug-likeness (QED) is 0.903. The van der Waals surface area contributed by atoms with Gasteiger partial charge in [-0.05, 0) is 30.3 Å². The fraction of sp³-hybridized carbons (Fsp3) is 0.250. The first-order chi connectivity index (χ1) is 11.1. The highest BCUT2D eigenvalue weighted by atomic mass is 35.5. The molecular weight excluding hydrogens is 318 g/mol. The lowest BCUT2D eigenvalue weighted by atomic mass is 10.1. The molecule has 2 amide bonds. The summed E-state index contributed by atoms with van der Waals surface area (Å²) in [6.07, 6.45) is 1.42. The first-order valence-electron chi connectivity index (χ1n) is 7.29. The molecule has 0 spiro atoms. The number of anilines is 1. The number of nitrogens with zero attached hydrogens (tertiary/aromatic N) is 1. The highest BCUT2D eigenvalue weighted by molar-refractivity contribution is 6.34. The highest BCUT2D eigenvalue weighted by Gasteiger charge is 2.19. The van der Waals surface area contributed by atoms with Crippen LogP contribution in [-0.2, 0) is 0 Å². The van der Waals surface area contributed by atoms with Crippen LogP contribution in [0.1, 0.15) is 20.9 Å². The van der Waals surface area contributed by atoms with Crippen molar-refractivity contribution in [2.24, 2.45) is 0 Å². The van der Waals surface area contributed by atoms with Crippen molar-refractivity contribution in [1.82, 2.24) is 10.2 Å². The number of amides is 2. The summed E-state index contributed by atoms with van der Waals surface area (Å²) in [7, 11) is 0. The Morgan fingerprint density at radius 2 is 2.00 bits per heavy atom. The summed E-state index contributed by atoms with van der Waals surface area (Å²) in [5.74, 6) is -0.305. The molecule has 3 rings (SSSR count). The Labute approximate surface area is 138 Å². The molecule has 1 aliphatic heterocycles. The first-order valence-corrected chi connectivity index (χ1v) is 7.67. The number of nitrogens with one attached hydrogen (secondary N) is 2. The predicted molar refractivity (Wildman–Crippen MR) is 86.9 cm³/mol. The molecule has 0 atom stereocenters. The van der Waals surface area contributed by atoms with Gasteiger partial charge in [0, 0.05) is 31.7 Å². The maximum Gasteiger partial charge on any atom is 0.291 e. The van der Waals surface area contributed by atoms with E-state index < -0.39 is 5.91 Å². The van der Waals surface area contributed by atoms with Gasteiger partial charge in [-0.1, -0.05) is 11.6 Å². The molecule has 0 unspecified atom stereocenters. The first kappa shape index (κ1) is 15.6. The summed E-state index contributed by atoms with van der Waals surface area (Å²) >= 11 is 6.11. The molecule has 1 aromatic carbocycles. The molecule has 0 radical (unpaired) electrons. The van der Waals surface area contributed by atoms with Crippen LogP contribution in [0.25, 0.3) is 0 Å². The van der Waals surface area contributed by atoms with Crippen molar-refractivity contribution < 1.29 is 14.0 Å². The molecule has 0 bridgehead atoms. The second-order valence-corrected chi connectivity index (χ2v) is 5.58. The van der Waals surface area contributed by atoms with E-state index in [2.05, 4.69) is 10.6 Å². The van der Waals surface area contributed by atoms with E-state index in [1.807, 2.05) is 0 Å². The van der Waals surface area contributed by atoms with Gasteiger partial charge in [0.25, 0.3) is 11.8 Å². The van der Waals surface area contributed by atoms with Crippen LogP contribution in [0.3, 0.4) is 0 Å². The molecule has 2 heterocycles. The van der Waals surface area contributed by atoms with Gasteiger partial charge in [0.15, 0.2) is 5.76 Å². The average Bonchev–Trinajstić information content (AvgIpc) is 3.11. The number of halogens is 1. The van der Waals surface area contributed by atoms with E-state index in [-0.39, 0.29) is 11.7 Å². The third kappa shape index (κ3) is 3.55. The van der Waals surface area contributed by atoms with E-state index in [0.717, 1.165) is 13.1 Å². The molecule has 1 aromatic heterocycles. The second kappa shape index (κ2) is 6.85. The van der Waals surface area contributed by atoms with Gasteiger partial charge in [-0.15, -0.1) is 0 Å². The SMILES string of the molecule is O=C(Nc1cc(C(=O)N2CCNCC2)ccc1Cl)c1ccco1. The lowest BCUT2D eigenvalue weighted by molar-refractivity contribution is 0.0735. The van der Waals surface area contributed by atoms with Gasteiger partial charge in [-0.25, -0.2) is 0 Å². The Morgan fingerprint density at radius 1 is 1.22 bits per heavy atom. The van der Waals surface area contributed by atoms with E-state index in [0.29, 0.717) is 29.4 Å². The zero-order chi connectivity index (χ0) is 16.2. The van der Waals surface area contributed by atoms with Crippen molar-refractivity contribution in [3.05, 3.63) is 52.9 Å². The molecular formula is C16H16ClN3O3. The minimum Gasteiger partial charge on any atom is -0.459 e. The minimum atomic E-state index is -0.413. The summed E-state index contributed by atoms with van der Waals surface area (Å²) < 4.78 is 5.04. The van der Waals surface area contributed by atoms with Gasteiger partial charge in [0.2, 0.25) is 0 Å². The number of furan rings is 1. The smallest absolute Gasteiger partial charge is 0.291 e. The number of carbonyl (C=O) groups excluding carboxylic acids is 2. The molecule has 0 saturated carbocycles. The van der Waals surface area contributed by atoms with Crippen LogP contribution in [0.15, 0.2) is 41.0 Å². The van der Waals surface area contributed by atoms with Gasteiger partial charge in [-0.3, -0.25) is 9.59 Å². The number of benzene rings is 1. The van der Waals surface area contributed by atoms with Crippen LogP contribution in [0, 0.1) is 0 Å². The van der Waals surface area contributed by atoms with E-state index in [4.69, 9.17) is 16.0 Å². The number of rotatable bonds is 3. The zero-order valence-corrected chi connectivity index (χ0v) is 13.1. The summed E-state index contributed by atoms with van der Waals surface area (Å²) in [6.45, 7) is 2.88. The largest absolute Gasteiger partial charge is 0.459 e. The van der Waals surface area contributed by atoms with Crippen LogP contribution >= 0.6 is 11.6 Å². The lowest BCUT2D eigenvalue weighted by Gasteiger charge is -2.27. The molecule has 0 aliphatic carbocycles. The molecule has 1 saturated heterocycles. The Hall–Kier alpha value is -2.31. The predicted octanol–water partition coefficient (Wildman–Crippen LogP) is 2.23. The van der Waals surface area contributed by atoms with Gasteiger partial charge < -0.3 is 20.0 Å². The molecule has 1 fully saturated rings. The summed E-state index contributed by atoms with van der Waals surface area (Å²) in [4.78, 5) is 26.3. The third-order valence-corrected chi connectivity index (χ3v) is 3.94. The highest BCUT2D eigenvalue weighted by Crippen LogP contribution is 2.24. The Kier molecular flexibility index (Phi) is 4.64. The molecule has 7 heteroatoms. The van der Waals surface area contributed by atoms with Crippen molar-refractivity contribution in [3.8, 4) is 0 Å². The number of hydrogen-bond donors (Lipinski definition) is 2. The minimum absolute atomic E-state index is 0.0725. The maximum absolute atomic E-state index is 12.5. The normalized spacial score (nSPS) is 14.6. The van der Waals surface area contributed by atoms with Crippen LogP contribution in [0.2, 0.25) is 5.02 Å². The number of hydrogen-bond acceptors (Lipinski definition) is 4. The number of carbonyl (C=O) groups is 2. The van der Waals surface area contributed by atoms with Gasteiger partial charge in [0.1, 0.15) is 0 Å². The molecule has 1 aliphatic rings. The summed E-state index contributed by atoms with van der Waals surface area (Å²) in [5, 5.41) is 6.23. The van der Waals surface area contributed by atoms with Crippen molar-refractivity contribution >= 4 is 29.1 Å². The fourth-order valence-electron chi connectivity index (χ4n) is 2.40. The van der Waals surface area contributed by atoms with Crippen molar-refractivity contribution in [2.75, 3.05) is 31.5 Å². The monoisotopic (exact) mass is 333 g/mol. The molecule has 2 N–H and O–H groups in total. The van der Waals surface area contributed by atoms with Crippen molar-refractivity contribution in [3.63, 3.8) is 0 Å². The van der Waals surface area contributed by atoms with E-state index in [1.165, 1.54) is 6.26 Å². The van der Waals surface area contributed by atoms with Crippen LogP contribution < -0.4 is 10.6 Å². The topological polar surface area (TPSA) is 74.6 Å². The Balaban J connectivity index is 1.78. The second-order valence-electron chi connectivity index (χ2n) is 5.17. The van der Waals surface area contributed by atoms with Crippen LogP contribution in [0.5, 0.6) is 0 Å². The van der Waals surface area contributed by atoms with Crippen LogP contribution in [0.4, 0.5) is 5.69 Å². The van der Waals surface area contributed by atoms with Crippen molar-refractivity contribution in [1.29, 1.82) is 0 Å². The van der Waals surface area contributed by atoms with Gasteiger partial charge in [-0.2, -0.15) is 0 Å². The third-order valence-electron chi connectivity index (χ3n) is 3.61. The molecule has 2 aromatic rings. The lowest BCUT2D eigenvalue weighted by Crippen LogP contribution is -2.46. The van der Waals surface area contributed by atoms with Crippen LogP contribution in [-0.4, -0.2) is 42.9 Å². The Morgan fingerprint density at radius 3 is 2.70 bits per heavy atom. The summed E-state index contributed by atoms with van der Waals surface area (Å²) in [5.41, 5.74) is 0.875. The van der Waals surface area contributed by atoms with E-state index in [1.54, 1.807) is 35.2 Å². The standard InChI is InChI=1S/C16H16ClN3O3/c17-12-4-3-11(16(22)20-7-5-18-6-8-20)10-13(12)19-15(21)14-2-1-9-23-14/h1-4,9-10,18H,5-8H2,(H,19,21). The zero-order valence-electron chi connectivity index (χ0n) is 12.3. The fourth-order valence-corrected chi connectivity index (χ4v) is 2.56. The Bertz CT molecular complexity index is 709. The maximum atomic E-state index is 12.5. The molecule has 120 valence electrons. The van der Waals surface area contributed by atoms with Gasteiger partial charge in [0.05, 0.1) is 17.0 Å². The average molecular weight is 334 g/mol. The number of piperazine rings is 1. The van der Waals surface area contributed by atoms with E-state index >= 15 is 0 Å². The molecule has 23 heavy (non-hydrogen) atoms.